The van der Waals surface area contributed by atoms with Crippen LogP contribution in [0.2, 0.25) is 0 Å². The highest BCUT2D eigenvalue weighted by molar-refractivity contribution is 9.10. The van der Waals surface area contributed by atoms with Crippen molar-refractivity contribution < 1.29 is 0 Å². The van der Waals surface area contributed by atoms with Crippen LogP contribution in [-0.2, 0) is 5.54 Å². The molecular weight excluding hydrogens is 358 g/mol. The monoisotopic (exact) mass is 375 g/mol. The molecule has 22 heavy (non-hydrogen) atoms. The number of pyridine rings is 1. The molecule has 1 fully saturated rings. The smallest absolute Gasteiger partial charge is 0.171 e. The molecular formula is C17H18BrN3S. The van der Waals surface area contributed by atoms with Gasteiger partial charge in [0, 0.05) is 22.6 Å². The lowest BCUT2D eigenvalue weighted by Crippen LogP contribution is -2.45. The first-order chi connectivity index (χ1) is 10.7. The zero-order valence-corrected chi connectivity index (χ0v) is 14.6. The number of aromatic nitrogens is 1. The van der Waals surface area contributed by atoms with E-state index < -0.39 is 0 Å². The molecule has 3 rings (SSSR count). The van der Waals surface area contributed by atoms with Crippen molar-refractivity contribution in [3.63, 3.8) is 0 Å². The van der Waals surface area contributed by atoms with E-state index in [2.05, 4.69) is 43.7 Å². The van der Waals surface area contributed by atoms with Gasteiger partial charge >= 0.3 is 0 Å². The molecule has 1 heterocycles. The Morgan fingerprint density at radius 2 is 1.86 bits per heavy atom. The maximum absolute atomic E-state index is 5.53. The van der Waals surface area contributed by atoms with Crippen LogP contribution in [0.1, 0.15) is 31.2 Å². The number of benzene rings is 1. The van der Waals surface area contributed by atoms with Crippen molar-refractivity contribution in [3.8, 4) is 0 Å². The second-order valence-electron chi connectivity index (χ2n) is 5.61. The summed E-state index contributed by atoms with van der Waals surface area (Å²) in [6.07, 6.45) is 8.32. The third-order valence-corrected chi connectivity index (χ3v) is 4.82. The van der Waals surface area contributed by atoms with Gasteiger partial charge in [0.1, 0.15) is 0 Å². The van der Waals surface area contributed by atoms with E-state index in [1.165, 1.54) is 18.4 Å². The highest BCUT2D eigenvalue weighted by atomic mass is 79.9. The third-order valence-electron chi connectivity index (χ3n) is 4.13. The summed E-state index contributed by atoms with van der Waals surface area (Å²) in [5.74, 6) is 0. The van der Waals surface area contributed by atoms with E-state index in [-0.39, 0.29) is 5.54 Å². The van der Waals surface area contributed by atoms with Gasteiger partial charge in [-0.05, 0) is 61.0 Å². The highest BCUT2D eigenvalue weighted by Gasteiger charge is 2.36. The van der Waals surface area contributed by atoms with Crippen molar-refractivity contribution in [1.29, 1.82) is 0 Å². The Hall–Kier alpha value is -1.46. The Morgan fingerprint density at radius 1 is 1.14 bits per heavy atom. The predicted molar refractivity (Wildman–Crippen MR) is 97.9 cm³/mol. The predicted octanol–water partition coefficient (Wildman–Crippen LogP) is 4.60. The summed E-state index contributed by atoms with van der Waals surface area (Å²) < 4.78 is 1.03. The molecule has 2 aromatic rings. The molecule has 0 radical (unpaired) electrons. The summed E-state index contributed by atoms with van der Waals surface area (Å²) in [7, 11) is 0. The number of anilines is 1. The van der Waals surface area contributed by atoms with Gasteiger partial charge in [-0.15, -0.1) is 0 Å². The minimum absolute atomic E-state index is 0.0704. The van der Waals surface area contributed by atoms with Gasteiger partial charge in [0.25, 0.3) is 0 Å². The summed E-state index contributed by atoms with van der Waals surface area (Å²) in [5.41, 5.74) is 2.17. The zero-order chi connectivity index (χ0) is 15.4. The number of nitrogens with zero attached hydrogens (tertiary/aromatic N) is 1. The summed E-state index contributed by atoms with van der Waals surface area (Å²) >= 11 is 9.01. The van der Waals surface area contributed by atoms with Crippen molar-refractivity contribution in [2.75, 3.05) is 5.32 Å². The third kappa shape index (κ3) is 3.47. The first-order valence-electron chi connectivity index (χ1n) is 7.43. The van der Waals surface area contributed by atoms with Gasteiger partial charge in [0.15, 0.2) is 5.11 Å². The first kappa shape index (κ1) is 15.4. The Morgan fingerprint density at radius 3 is 2.55 bits per heavy atom. The van der Waals surface area contributed by atoms with Gasteiger partial charge in [0.05, 0.1) is 5.54 Å². The van der Waals surface area contributed by atoms with Gasteiger partial charge in [-0.3, -0.25) is 4.98 Å². The molecule has 1 aromatic carbocycles. The van der Waals surface area contributed by atoms with Crippen LogP contribution in [0.25, 0.3) is 0 Å². The van der Waals surface area contributed by atoms with E-state index in [4.69, 9.17) is 12.2 Å². The summed E-state index contributed by atoms with van der Waals surface area (Å²) in [4.78, 5) is 4.12. The Balaban J connectivity index is 1.76. The van der Waals surface area contributed by atoms with Gasteiger partial charge < -0.3 is 10.6 Å². The average molecular weight is 376 g/mol. The van der Waals surface area contributed by atoms with E-state index >= 15 is 0 Å². The quantitative estimate of drug-likeness (QED) is 0.768. The highest BCUT2D eigenvalue weighted by Crippen LogP contribution is 2.38. The van der Waals surface area contributed by atoms with Gasteiger partial charge in [-0.1, -0.05) is 34.8 Å². The average Bonchev–Trinajstić information content (AvgIpc) is 2.98. The van der Waals surface area contributed by atoms with E-state index in [0.717, 1.165) is 23.0 Å². The molecule has 5 heteroatoms. The Kier molecular flexibility index (Phi) is 4.74. The van der Waals surface area contributed by atoms with Crippen LogP contribution >= 0.6 is 28.1 Å². The van der Waals surface area contributed by atoms with E-state index in [1.54, 1.807) is 0 Å². The van der Waals surface area contributed by atoms with Gasteiger partial charge in [0.2, 0.25) is 0 Å². The number of halogens is 1. The minimum atomic E-state index is -0.0704. The molecule has 0 bridgehead atoms. The fourth-order valence-corrected chi connectivity index (χ4v) is 3.79. The largest absolute Gasteiger partial charge is 0.353 e. The van der Waals surface area contributed by atoms with Crippen LogP contribution in [0, 0.1) is 0 Å². The minimum Gasteiger partial charge on any atom is -0.353 e. The van der Waals surface area contributed by atoms with Crippen molar-refractivity contribution >= 4 is 38.9 Å². The molecule has 114 valence electrons. The lowest BCUT2D eigenvalue weighted by atomic mass is 9.89. The van der Waals surface area contributed by atoms with Gasteiger partial charge in [-0.25, -0.2) is 0 Å². The van der Waals surface area contributed by atoms with Crippen molar-refractivity contribution in [1.82, 2.24) is 10.3 Å². The van der Waals surface area contributed by atoms with Crippen LogP contribution in [0.5, 0.6) is 0 Å². The van der Waals surface area contributed by atoms with Crippen LogP contribution in [0.4, 0.5) is 5.69 Å². The molecule has 0 spiro atoms. The summed E-state index contributed by atoms with van der Waals surface area (Å²) in [6.45, 7) is 0. The van der Waals surface area contributed by atoms with Gasteiger partial charge in [-0.2, -0.15) is 0 Å². The maximum atomic E-state index is 5.53. The van der Waals surface area contributed by atoms with Crippen LogP contribution in [-0.4, -0.2) is 10.1 Å². The normalized spacial score (nSPS) is 16.2. The lowest BCUT2D eigenvalue weighted by molar-refractivity contribution is 0.408. The molecule has 0 saturated heterocycles. The van der Waals surface area contributed by atoms with Crippen LogP contribution in [0.15, 0.2) is 53.3 Å². The number of thiocarbonyl (C=S) groups is 1. The van der Waals surface area contributed by atoms with Crippen molar-refractivity contribution in [2.45, 2.75) is 31.2 Å². The fourth-order valence-electron chi connectivity index (χ4n) is 3.08. The molecule has 3 nitrogen and oxygen atoms in total. The second-order valence-corrected chi connectivity index (χ2v) is 6.94. The molecule has 1 aliphatic rings. The summed E-state index contributed by atoms with van der Waals surface area (Å²) in [5, 5.41) is 7.50. The maximum Gasteiger partial charge on any atom is 0.171 e. The summed E-state index contributed by atoms with van der Waals surface area (Å²) in [6, 6.07) is 12.2. The molecule has 1 aromatic heterocycles. The van der Waals surface area contributed by atoms with Crippen molar-refractivity contribution in [2.24, 2.45) is 0 Å². The molecule has 0 unspecified atom stereocenters. The number of rotatable bonds is 3. The van der Waals surface area contributed by atoms with E-state index in [1.807, 2.05) is 36.7 Å². The lowest BCUT2D eigenvalue weighted by Gasteiger charge is -2.32. The number of hydrogen-bond acceptors (Lipinski definition) is 2. The first-order valence-corrected chi connectivity index (χ1v) is 8.63. The Bertz CT molecular complexity index is 654. The van der Waals surface area contributed by atoms with Crippen LogP contribution < -0.4 is 10.6 Å². The second kappa shape index (κ2) is 6.75. The molecule has 1 aliphatic carbocycles. The molecule has 0 atom stereocenters. The van der Waals surface area contributed by atoms with Crippen LogP contribution in [0.3, 0.4) is 0 Å². The molecule has 0 aliphatic heterocycles. The standard InChI is InChI=1S/C17H18BrN3S/c18-14-4-3-5-15(12-14)20-16(22)21-17(8-1-2-9-17)13-6-10-19-11-7-13/h3-7,10-12H,1-2,8-9H2,(H2,20,21,22). The van der Waals surface area contributed by atoms with E-state index in [0.29, 0.717) is 5.11 Å². The van der Waals surface area contributed by atoms with E-state index in [9.17, 15) is 0 Å². The topological polar surface area (TPSA) is 37.0 Å². The molecule has 2 N–H and O–H groups in total. The molecule has 0 amide bonds. The fraction of sp³-hybridized carbons (Fsp3) is 0.294. The number of hydrogen-bond donors (Lipinski definition) is 2. The Labute approximate surface area is 144 Å². The number of nitrogens with one attached hydrogen (secondary N) is 2. The zero-order valence-electron chi connectivity index (χ0n) is 12.2. The van der Waals surface area contributed by atoms with Crippen molar-refractivity contribution in [3.05, 3.63) is 58.8 Å². The SMILES string of the molecule is S=C(Nc1cccc(Br)c1)NC1(c2ccncc2)CCCC1. The molecule has 1 saturated carbocycles.